The predicted octanol–water partition coefficient (Wildman–Crippen LogP) is 2.19. The number of anilines is 1. The molecule has 0 fully saturated rings. The van der Waals surface area contributed by atoms with Crippen LogP contribution in [-0.2, 0) is 4.79 Å². The fourth-order valence-corrected chi connectivity index (χ4v) is 2.13. The van der Waals surface area contributed by atoms with Gasteiger partial charge in [0, 0.05) is 17.6 Å². The van der Waals surface area contributed by atoms with Crippen molar-refractivity contribution < 1.29 is 4.79 Å². The number of nitrogens with zero attached hydrogens (tertiary/aromatic N) is 1. The van der Waals surface area contributed by atoms with Crippen molar-refractivity contribution in [1.29, 1.82) is 0 Å². The Bertz CT molecular complexity index is 414. The standard InChI is InChI=1S/C12H17BrClN3O/c1-15-5-6-17(2)8-12(18)16-11-4-3-9(13)7-10(11)14/h3-4,7,15H,5-6,8H2,1-2H3,(H,16,18). The van der Waals surface area contributed by atoms with E-state index < -0.39 is 0 Å². The van der Waals surface area contributed by atoms with E-state index in [9.17, 15) is 4.79 Å². The number of hydrogen-bond acceptors (Lipinski definition) is 3. The molecule has 2 N–H and O–H groups in total. The van der Waals surface area contributed by atoms with E-state index in [0.29, 0.717) is 17.3 Å². The Labute approximate surface area is 121 Å². The van der Waals surface area contributed by atoms with Crippen LogP contribution in [0, 0.1) is 0 Å². The maximum atomic E-state index is 11.8. The molecule has 4 nitrogen and oxygen atoms in total. The van der Waals surface area contributed by atoms with E-state index in [0.717, 1.165) is 17.6 Å². The Morgan fingerprint density at radius 3 is 2.83 bits per heavy atom. The first-order chi connectivity index (χ1) is 8.52. The lowest BCUT2D eigenvalue weighted by molar-refractivity contribution is -0.117. The maximum absolute atomic E-state index is 11.8. The van der Waals surface area contributed by atoms with Gasteiger partial charge in [0.15, 0.2) is 0 Å². The highest BCUT2D eigenvalue weighted by atomic mass is 79.9. The molecule has 1 aromatic rings. The van der Waals surface area contributed by atoms with Crippen LogP contribution in [0.15, 0.2) is 22.7 Å². The van der Waals surface area contributed by atoms with Crippen molar-refractivity contribution in [1.82, 2.24) is 10.2 Å². The van der Waals surface area contributed by atoms with E-state index in [1.807, 2.05) is 25.1 Å². The Kier molecular flexibility index (Phi) is 6.63. The number of nitrogens with one attached hydrogen (secondary N) is 2. The fourth-order valence-electron chi connectivity index (χ4n) is 1.41. The van der Waals surface area contributed by atoms with E-state index in [-0.39, 0.29) is 5.91 Å². The second-order valence-corrected chi connectivity index (χ2v) is 5.34. The molecule has 0 aliphatic heterocycles. The van der Waals surface area contributed by atoms with Crippen LogP contribution in [0.1, 0.15) is 0 Å². The van der Waals surface area contributed by atoms with Crippen molar-refractivity contribution in [2.75, 3.05) is 39.0 Å². The highest BCUT2D eigenvalue weighted by molar-refractivity contribution is 9.10. The first-order valence-corrected chi connectivity index (χ1v) is 6.78. The van der Waals surface area contributed by atoms with Gasteiger partial charge in [-0.05, 0) is 32.3 Å². The van der Waals surface area contributed by atoms with Crippen LogP contribution < -0.4 is 10.6 Å². The van der Waals surface area contributed by atoms with Crippen LogP contribution in [0.2, 0.25) is 5.02 Å². The van der Waals surface area contributed by atoms with Crippen molar-refractivity contribution >= 4 is 39.1 Å². The van der Waals surface area contributed by atoms with Gasteiger partial charge in [-0.25, -0.2) is 0 Å². The first-order valence-electron chi connectivity index (χ1n) is 5.61. The molecule has 100 valence electrons. The minimum absolute atomic E-state index is 0.0715. The molecule has 0 unspecified atom stereocenters. The maximum Gasteiger partial charge on any atom is 0.238 e. The summed E-state index contributed by atoms with van der Waals surface area (Å²) in [6.07, 6.45) is 0. The van der Waals surface area contributed by atoms with Gasteiger partial charge in [0.1, 0.15) is 0 Å². The molecule has 18 heavy (non-hydrogen) atoms. The van der Waals surface area contributed by atoms with Crippen molar-refractivity contribution in [3.8, 4) is 0 Å². The third-order valence-electron chi connectivity index (χ3n) is 2.36. The third kappa shape index (κ3) is 5.35. The normalized spacial score (nSPS) is 10.7. The average Bonchev–Trinajstić information content (AvgIpc) is 2.30. The Hall–Kier alpha value is -0.620. The summed E-state index contributed by atoms with van der Waals surface area (Å²) in [6, 6.07) is 5.37. The number of rotatable bonds is 6. The van der Waals surface area contributed by atoms with Gasteiger partial charge < -0.3 is 10.6 Å². The van der Waals surface area contributed by atoms with Crippen LogP contribution in [0.4, 0.5) is 5.69 Å². The minimum Gasteiger partial charge on any atom is -0.324 e. The molecule has 0 atom stereocenters. The molecular formula is C12H17BrClN3O. The molecule has 0 saturated carbocycles. The van der Waals surface area contributed by atoms with Crippen molar-refractivity contribution in [2.45, 2.75) is 0 Å². The summed E-state index contributed by atoms with van der Waals surface area (Å²) in [5.41, 5.74) is 0.631. The summed E-state index contributed by atoms with van der Waals surface area (Å²) < 4.78 is 0.886. The molecule has 0 aliphatic carbocycles. The number of carbonyl (C=O) groups excluding carboxylic acids is 1. The highest BCUT2D eigenvalue weighted by Gasteiger charge is 2.08. The largest absolute Gasteiger partial charge is 0.324 e. The van der Waals surface area contributed by atoms with Crippen molar-refractivity contribution in [2.24, 2.45) is 0 Å². The summed E-state index contributed by atoms with van der Waals surface area (Å²) in [7, 11) is 3.79. The monoisotopic (exact) mass is 333 g/mol. The molecule has 0 saturated heterocycles. The minimum atomic E-state index is -0.0715. The van der Waals surface area contributed by atoms with Gasteiger partial charge in [-0.2, -0.15) is 0 Å². The van der Waals surface area contributed by atoms with Gasteiger partial charge in [-0.3, -0.25) is 9.69 Å². The molecule has 1 amide bonds. The molecule has 0 aliphatic rings. The van der Waals surface area contributed by atoms with E-state index >= 15 is 0 Å². The van der Waals surface area contributed by atoms with Gasteiger partial charge in [0.25, 0.3) is 0 Å². The van der Waals surface area contributed by atoms with E-state index in [1.165, 1.54) is 0 Å². The second kappa shape index (κ2) is 7.74. The van der Waals surface area contributed by atoms with Crippen LogP contribution >= 0.6 is 27.5 Å². The summed E-state index contributed by atoms with van der Waals surface area (Å²) in [4.78, 5) is 13.7. The molecule has 0 spiro atoms. The zero-order valence-electron chi connectivity index (χ0n) is 10.5. The fraction of sp³-hybridized carbons (Fsp3) is 0.417. The van der Waals surface area contributed by atoms with E-state index in [1.54, 1.807) is 12.1 Å². The predicted molar refractivity (Wildman–Crippen MR) is 79.2 cm³/mol. The Morgan fingerprint density at radius 1 is 1.50 bits per heavy atom. The molecule has 0 bridgehead atoms. The molecular weight excluding hydrogens is 318 g/mol. The van der Waals surface area contributed by atoms with Gasteiger partial charge >= 0.3 is 0 Å². The average molecular weight is 335 g/mol. The third-order valence-corrected chi connectivity index (χ3v) is 3.17. The topological polar surface area (TPSA) is 44.4 Å². The summed E-state index contributed by atoms with van der Waals surface area (Å²) in [5, 5.41) is 6.35. The molecule has 0 radical (unpaired) electrons. The van der Waals surface area contributed by atoms with Crippen molar-refractivity contribution in [3.05, 3.63) is 27.7 Å². The van der Waals surface area contributed by atoms with Gasteiger partial charge in [-0.1, -0.05) is 27.5 Å². The molecule has 0 heterocycles. The number of benzene rings is 1. The Morgan fingerprint density at radius 2 is 2.22 bits per heavy atom. The lowest BCUT2D eigenvalue weighted by Crippen LogP contribution is -2.34. The van der Waals surface area contributed by atoms with Crippen LogP contribution in [0.5, 0.6) is 0 Å². The van der Waals surface area contributed by atoms with Gasteiger partial charge in [0.05, 0.1) is 17.3 Å². The van der Waals surface area contributed by atoms with Gasteiger partial charge in [0.2, 0.25) is 5.91 Å². The Balaban J connectivity index is 2.49. The zero-order chi connectivity index (χ0) is 13.5. The van der Waals surface area contributed by atoms with Crippen LogP contribution in [0.3, 0.4) is 0 Å². The molecule has 0 aromatic heterocycles. The summed E-state index contributed by atoms with van der Waals surface area (Å²) in [6.45, 7) is 2.01. The van der Waals surface area contributed by atoms with E-state index in [4.69, 9.17) is 11.6 Å². The second-order valence-electron chi connectivity index (χ2n) is 4.01. The lowest BCUT2D eigenvalue weighted by Gasteiger charge is -2.16. The summed E-state index contributed by atoms with van der Waals surface area (Å²) >= 11 is 9.34. The van der Waals surface area contributed by atoms with Crippen LogP contribution in [-0.4, -0.2) is 44.5 Å². The number of carbonyl (C=O) groups is 1. The quantitative estimate of drug-likeness (QED) is 0.838. The van der Waals surface area contributed by atoms with E-state index in [2.05, 4.69) is 26.6 Å². The highest BCUT2D eigenvalue weighted by Crippen LogP contribution is 2.25. The zero-order valence-corrected chi connectivity index (χ0v) is 12.8. The van der Waals surface area contributed by atoms with Gasteiger partial charge in [-0.15, -0.1) is 0 Å². The van der Waals surface area contributed by atoms with Crippen molar-refractivity contribution in [3.63, 3.8) is 0 Å². The smallest absolute Gasteiger partial charge is 0.238 e. The number of amides is 1. The lowest BCUT2D eigenvalue weighted by atomic mass is 10.3. The molecule has 1 aromatic carbocycles. The molecule has 1 rings (SSSR count). The number of likely N-dealkylation sites (N-methyl/N-ethyl adjacent to an activating group) is 2. The number of hydrogen-bond donors (Lipinski definition) is 2. The number of halogens is 2. The SMILES string of the molecule is CNCCN(C)CC(=O)Nc1ccc(Br)cc1Cl. The van der Waals surface area contributed by atoms with Crippen LogP contribution in [0.25, 0.3) is 0 Å². The molecule has 6 heteroatoms. The first kappa shape index (κ1) is 15.4. The summed E-state index contributed by atoms with van der Waals surface area (Å²) in [5.74, 6) is -0.0715.